The molecule has 0 aliphatic heterocycles. The number of aromatic nitrogens is 1. The number of benzene rings is 1. The van der Waals surface area contributed by atoms with Gasteiger partial charge in [0.2, 0.25) is 0 Å². The quantitative estimate of drug-likeness (QED) is 0.886. The number of aryl methyl sites for hydroxylation is 1. The number of pyridine rings is 1. The van der Waals surface area contributed by atoms with Crippen LogP contribution in [0.1, 0.15) is 18.9 Å². The Morgan fingerprint density at radius 3 is 2.50 bits per heavy atom. The molecule has 0 amide bonds. The van der Waals surface area contributed by atoms with Crippen molar-refractivity contribution < 1.29 is 13.5 Å². The van der Waals surface area contributed by atoms with E-state index >= 15 is 0 Å². The van der Waals surface area contributed by atoms with E-state index in [1.807, 2.05) is 26.0 Å². The predicted molar refractivity (Wildman–Crippen MR) is 74.2 cm³/mol. The molecule has 1 heterocycles. The summed E-state index contributed by atoms with van der Waals surface area (Å²) in [6, 6.07) is 7.87. The minimum Gasteiger partial charge on any atom is -0.436 e. The third-order valence-electron chi connectivity index (χ3n) is 2.68. The Kier molecular flexibility index (Phi) is 4.50. The number of hydrogen-bond donors (Lipinski definition) is 1. The first-order valence-electron chi connectivity index (χ1n) is 6.44. The maximum atomic E-state index is 13.7. The van der Waals surface area contributed by atoms with Crippen LogP contribution in [0, 0.1) is 18.6 Å². The van der Waals surface area contributed by atoms with Crippen molar-refractivity contribution in [2.75, 3.05) is 11.9 Å². The molecule has 106 valence electrons. The average molecular weight is 278 g/mol. The van der Waals surface area contributed by atoms with Crippen molar-refractivity contribution in [1.82, 2.24) is 4.98 Å². The van der Waals surface area contributed by atoms with Gasteiger partial charge in [0.1, 0.15) is 5.75 Å². The molecule has 0 aliphatic rings. The largest absolute Gasteiger partial charge is 0.436 e. The van der Waals surface area contributed by atoms with E-state index in [-0.39, 0.29) is 11.7 Å². The molecular weight excluding hydrogens is 262 g/mol. The van der Waals surface area contributed by atoms with E-state index in [4.69, 9.17) is 4.74 Å². The normalized spacial score (nSPS) is 10.4. The first-order valence-corrected chi connectivity index (χ1v) is 6.44. The molecule has 0 aliphatic carbocycles. The average Bonchev–Trinajstić information content (AvgIpc) is 2.43. The van der Waals surface area contributed by atoms with Gasteiger partial charge in [-0.25, -0.2) is 8.78 Å². The molecule has 0 radical (unpaired) electrons. The van der Waals surface area contributed by atoms with E-state index in [0.29, 0.717) is 12.3 Å². The summed E-state index contributed by atoms with van der Waals surface area (Å²) in [5.41, 5.74) is 1.06. The van der Waals surface area contributed by atoms with Gasteiger partial charge in [0.05, 0.1) is 0 Å². The van der Waals surface area contributed by atoms with Crippen LogP contribution in [0.2, 0.25) is 0 Å². The Morgan fingerprint density at radius 1 is 1.15 bits per heavy atom. The predicted octanol–water partition coefficient (Wildman–Crippen LogP) is 4.28. The maximum absolute atomic E-state index is 13.7. The van der Waals surface area contributed by atoms with Crippen molar-refractivity contribution in [3.63, 3.8) is 0 Å². The summed E-state index contributed by atoms with van der Waals surface area (Å²) in [5, 5.41) is 2.79. The zero-order chi connectivity index (χ0) is 14.5. The Labute approximate surface area is 116 Å². The first-order chi connectivity index (χ1) is 9.60. The van der Waals surface area contributed by atoms with Crippen molar-refractivity contribution in [3.8, 4) is 11.6 Å². The Hall–Kier alpha value is -2.17. The number of anilines is 1. The van der Waals surface area contributed by atoms with E-state index in [0.717, 1.165) is 18.1 Å². The second kappa shape index (κ2) is 6.32. The lowest BCUT2D eigenvalue weighted by molar-refractivity contribution is 0.418. The molecule has 0 saturated heterocycles. The molecule has 0 saturated carbocycles. The standard InChI is InChI=1S/C15H16F2N2O/c1-3-8-18-14-12(16)9-13(17)15(19-14)20-11-6-4-10(2)5-7-11/h4-7,9H,3,8H2,1-2H3,(H,18,19). The molecule has 1 aromatic heterocycles. The van der Waals surface area contributed by atoms with E-state index < -0.39 is 11.6 Å². The molecular formula is C15H16F2N2O. The SMILES string of the molecule is CCCNc1nc(Oc2ccc(C)cc2)c(F)cc1F. The van der Waals surface area contributed by atoms with E-state index in [9.17, 15) is 8.78 Å². The van der Waals surface area contributed by atoms with Crippen LogP contribution in [0.15, 0.2) is 30.3 Å². The summed E-state index contributed by atoms with van der Waals surface area (Å²) in [7, 11) is 0. The maximum Gasteiger partial charge on any atom is 0.258 e. The molecule has 0 bridgehead atoms. The molecule has 1 N–H and O–H groups in total. The molecule has 0 unspecified atom stereocenters. The highest BCUT2D eigenvalue weighted by Crippen LogP contribution is 2.26. The van der Waals surface area contributed by atoms with Crippen LogP contribution in [0.4, 0.5) is 14.6 Å². The summed E-state index contributed by atoms with van der Waals surface area (Å²) in [6.45, 7) is 4.44. The molecule has 20 heavy (non-hydrogen) atoms. The summed E-state index contributed by atoms with van der Waals surface area (Å²) in [4.78, 5) is 3.84. The molecule has 0 fully saturated rings. The van der Waals surface area contributed by atoms with Crippen LogP contribution in [0.25, 0.3) is 0 Å². The minimum absolute atomic E-state index is 0.00429. The highest BCUT2D eigenvalue weighted by molar-refractivity contribution is 5.41. The van der Waals surface area contributed by atoms with Crippen molar-refractivity contribution in [2.45, 2.75) is 20.3 Å². The number of nitrogens with zero attached hydrogens (tertiary/aromatic N) is 1. The molecule has 0 atom stereocenters. The Balaban J connectivity index is 2.24. The van der Waals surface area contributed by atoms with Gasteiger partial charge in [0, 0.05) is 12.6 Å². The van der Waals surface area contributed by atoms with Crippen molar-refractivity contribution in [1.29, 1.82) is 0 Å². The van der Waals surface area contributed by atoms with Crippen LogP contribution in [-0.2, 0) is 0 Å². The van der Waals surface area contributed by atoms with Crippen LogP contribution in [0.5, 0.6) is 11.6 Å². The van der Waals surface area contributed by atoms with Crippen molar-refractivity contribution >= 4 is 5.82 Å². The van der Waals surface area contributed by atoms with Gasteiger partial charge in [0.25, 0.3) is 5.88 Å². The van der Waals surface area contributed by atoms with E-state index in [2.05, 4.69) is 10.3 Å². The fraction of sp³-hybridized carbons (Fsp3) is 0.267. The van der Waals surface area contributed by atoms with Crippen molar-refractivity contribution in [2.24, 2.45) is 0 Å². The number of halogens is 2. The monoisotopic (exact) mass is 278 g/mol. The topological polar surface area (TPSA) is 34.2 Å². The third kappa shape index (κ3) is 3.44. The van der Waals surface area contributed by atoms with Gasteiger partial charge in [-0.2, -0.15) is 4.98 Å². The van der Waals surface area contributed by atoms with Gasteiger partial charge in [-0.05, 0) is 25.5 Å². The molecule has 1 aromatic carbocycles. The van der Waals surface area contributed by atoms with Crippen LogP contribution < -0.4 is 10.1 Å². The highest BCUT2D eigenvalue weighted by Gasteiger charge is 2.13. The lowest BCUT2D eigenvalue weighted by Gasteiger charge is -2.10. The first kappa shape index (κ1) is 14.2. The summed E-state index contributed by atoms with van der Waals surface area (Å²) in [5.74, 6) is -1.35. The fourth-order valence-electron chi connectivity index (χ4n) is 1.61. The smallest absolute Gasteiger partial charge is 0.258 e. The number of nitrogens with one attached hydrogen (secondary N) is 1. The molecule has 2 rings (SSSR count). The second-order valence-corrected chi connectivity index (χ2v) is 4.45. The van der Waals surface area contributed by atoms with Gasteiger partial charge in [-0.1, -0.05) is 24.6 Å². The van der Waals surface area contributed by atoms with Gasteiger partial charge in [-0.3, -0.25) is 0 Å². The van der Waals surface area contributed by atoms with E-state index in [1.165, 1.54) is 0 Å². The van der Waals surface area contributed by atoms with Crippen LogP contribution in [0.3, 0.4) is 0 Å². The highest BCUT2D eigenvalue weighted by atomic mass is 19.1. The molecule has 5 heteroatoms. The van der Waals surface area contributed by atoms with Gasteiger partial charge in [0.15, 0.2) is 17.5 Å². The van der Waals surface area contributed by atoms with Gasteiger partial charge in [-0.15, -0.1) is 0 Å². The number of hydrogen-bond acceptors (Lipinski definition) is 3. The zero-order valence-corrected chi connectivity index (χ0v) is 11.4. The Morgan fingerprint density at radius 2 is 1.85 bits per heavy atom. The Bertz CT molecular complexity index is 585. The third-order valence-corrected chi connectivity index (χ3v) is 2.68. The van der Waals surface area contributed by atoms with E-state index in [1.54, 1.807) is 12.1 Å². The van der Waals surface area contributed by atoms with Crippen LogP contribution >= 0.6 is 0 Å². The molecule has 3 nitrogen and oxygen atoms in total. The molecule has 0 spiro atoms. The zero-order valence-electron chi connectivity index (χ0n) is 11.4. The number of rotatable bonds is 5. The van der Waals surface area contributed by atoms with Crippen molar-refractivity contribution in [3.05, 3.63) is 47.5 Å². The lowest BCUT2D eigenvalue weighted by atomic mass is 10.2. The minimum atomic E-state index is -0.829. The van der Waals surface area contributed by atoms with Gasteiger partial charge >= 0.3 is 0 Å². The summed E-state index contributed by atoms with van der Waals surface area (Å²) >= 11 is 0. The van der Waals surface area contributed by atoms with Crippen LogP contribution in [-0.4, -0.2) is 11.5 Å². The number of ether oxygens (including phenoxy) is 1. The second-order valence-electron chi connectivity index (χ2n) is 4.45. The molecule has 2 aromatic rings. The van der Waals surface area contributed by atoms with Gasteiger partial charge < -0.3 is 10.1 Å². The lowest BCUT2D eigenvalue weighted by Crippen LogP contribution is -2.06. The summed E-state index contributed by atoms with van der Waals surface area (Å²) < 4.78 is 32.5. The summed E-state index contributed by atoms with van der Waals surface area (Å²) in [6.07, 6.45) is 0.812. The fourth-order valence-corrected chi connectivity index (χ4v) is 1.61.